The molecule has 1 aliphatic heterocycles. The third kappa shape index (κ3) is 38.5. The van der Waals surface area contributed by atoms with Crippen molar-refractivity contribution in [3.63, 3.8) is 0 Å². The molecule has 0 unspecified atom stereocenters. The van der Waals surface area contributed by atoms with Gasteiger partial charge in [-0.3, -0.25) is 8.37 Å². The predicted molar refractivity (Wildman–Crippen MR) is 201 cm³/mol. The smallest absolute Gasteiger partial charge is 0.429 e. The van der Waals surface area contributed by atoms with Gasteiger partial charge in [0.1, 0.15) is 22.4 Å². The summed E-state index contributed by atoms with van der Waals surface area (Å²) in [6.07, 6.45) is -0.783. The number of hydrogen-bond donors (Lipinski definition) is 2. The highest BCUT2D eigenvalue weighted by Crippen LogP contribution is 2.16. The van der Waals surface area contributed by atoms with Crippen molar-refractivity contribution in [2.75, 3.05) is 65.2 Å². The Morgan fingerprint density at radius 3 is 1.06 bits per heavy atom. The number of ether oxygens (including phenoxy) is 6. The van der Waals surface area contributed by atoms with Gasteiger partial charge in [-0.2, -0.15) is 16.8 Å². The average Bonchev–Trinajstić information content (AvgIpc) is 3.14. The predicted octanol–water partition coefficient (Wildman–Crippen LogP) is 4.58. The second kappa shape index (κ2) is 25.1. The fourth-order valence-corrected chi connectivity index (χ4v) is 3.70. The zero-order valence-electron chi connectivity index (χ0n) is 32.9. The molecule has 0 spiro atoms. The molecule has 1 aliphatic rings. The Balaban J connectivity index is -0.000000348. The summed E-state index contributed by atoms with van der Waals surface area (Å²) >= 11 is 0. The summed E-state index contributed by atoms with van der Waals surface area (Å²) in [4.78, 5) is 46.7. The van der Waals surface area contributed by atoms with E-state index in [1.807, 2.05) is 0 Å². The number of rotatable bonds is 8. The van der Waals surface area contributed by atoms with Crippen LogP contribution in [-0.2, 0) is 57.0 Å². The van der Waals surface area contributed by atoms with E-state index < -0.39 is 67.0 Å². The Hall–Kier alpha value is -3.18. The quantitative estimate of drug-likeness (QED) is 0.147. The van der Waals surface area contributed by atoms with Gasteiger partial charge in [-0.15, -0.1) is 0 Å². The molecule has 1 fully saturated rings. The topological polar surface area (TPSA) is 241 Å². The lowest BCUT2D eigenvalue weighted by atomic mass is 10.2. The summed E-state index contributed by atoms with van der Waals surface area (Å²) in [5.74, 6) is 0. The second-order valence-electron chi connectivity index (χ2n) is 14.7. The van der Waals surface area contributed by atoms with Crippen molar-refractivity contribution < 1.29 is 72.8 Å². The lowest BCUT2D eigenvalue weighted by Crippen LogP contribution is -2.53. The molecule has 0 aromatic carbocycles. The van der Waals surface area contributed by atoms with Crippen LogP contribution in [0.2, 0.25) is 0 Å². The number of carbonyl (C=O) groups excluding carboxylic acids is 4. The van der Waals surface area contributed by atoms with Gasteiger partial charge >= 0.3 is 24.4 Å². The molecule has 20 nitrogen and oxygen atoms in total. The van der Waals surface area contributed by atoms with Gasteiger partial charge in [0.15, 0.2) is 0 Å². The second-order valence-corrected chi connectivity index (χ2v) is 18.0. The Bertz CT molecular complexity index is 1230. The molecular formula is C32H68N4O16S2. The number of nitrogens with one attached hydrogen (secondary N) is 2. The van der Waals surface area contributed by atoms with Gasteiger partial charge in [-0.1, -0.05) is 14.9 Å². The summed E-state index contributed by atoms with van der Waals surface area (Å²) < 4.78 is 81.2. The third-order valence-corrected chi connectivity index (χ3v) is 5.70. The zero-order valence-corrected chi connectivity index (χ0v) is 34.5. The zero-order chi connectivity index (χ0) is 41.2. The Morgan fingerprint density at radius 1 is 0.537 bits per heavy atom. The highest BCUT2D eigenvalue weighted by Gasteiger charge is 2.34. The van der Waals surface area contributed by atoms with Gasteiger partial charge in [0.2, 0.25) is 0 Å². The van der Waals surface area contributed by atoms with Crippen LogP contribution in [0.25, 0.3) is 0 Å². The molecule has 0 aliphatic carbocycles. The molecule has 1 saturated heterocycles. The summed E-state index contributed by atoms with van der Waals surface area (Å²) in [5.41, 5.74) is 1.66. The average molecular weight is 829 g/mol. The molecule has 0 atom stereocenters. The van der Waals surface area contributed by atoms with E-state index in [0.717, 1.165) is 12.5 Å². The van der Waals surface area contributed by atoms with E-state index >= 15 is 0 Å². The SMILES string of the molecule is C.C.CC(C)(C)OC(=O)N1CCOCCN1C(=O)OC(C)(C)C.CC(C)(C)OC(=O)NNC(=O)OC(C)(C)C.CS(=O)(=O)OCCOCCOS(C)(=O)=O. The first kappa shape index (κ1) is 57.5. The van der Waals surface area contributed by atoms with Crippen molar-refractivity contribution in [3.8, 4) is 0 Å². The highest BCUT2D eigenvalue weighted by atomic mass is 32.2. The van der Waals surface area contributed by atoms with Crippen LogP contribution < -0.4 is 10.9 Å². The molecule has 0 saturated carbocycles. The van der Waals surface area contributed by atoms with E-state index in [-0.39, 0.29) is 54.4 Å². The monoisotopic (exact) mass is 828 g/mol. The lowest BCUT2D eigenvalue weighted by Gasteiger charge is -2.34. The van der Waals surface area contributed by atoms with Crippen molar-refractivity contribution in [3.05, 3.63) is 0 Å². The maximum absolute atomic E-state index is 12.2. The standard InChI is InChI=1S/C14H26N2O5.C10H20N2O4.C6H14O7S2.2CH4/c1-13(2,3)20-11(17)15-7-9-19-10-8-16(15)12(18)21-14(4,5)6;1-9(2,3)15-7(13)11-12-8(14)16-10(4,5)6;1-14(7,8)12-5-3-11-4-6-13-15(2,9)10;;/h7-10H2,1-6H3;1-6H3,(H,11,13)(H,12,14);3-6H2,1-2H3;2*1H4. The van der Waals surface area contributed by atoms with Crippen LogP contribution in [0.1, 0.15) is 97.9 Å². The van der Waals surface area contributed by atoms with Crippen molar-refractivity contribution in [1.29, 1.82) is 0 Å². The minimum atomic E-state index is -3.45. The first-order valence-electron chi connectivity index (χ1n) is 16.0. The molecule has 54 heavy (non-hydrogen) atoms. The van der Waals surface area contributed by atoms with Gasteiger partial charge < -0.3 is 28.4 Å². The van der Waals surface area contributed by atoms with E-state index in [4.69, 9.17) is 28.4 Å². The fraction of sp³-hybridized carbons (Fsp3) is 0.875. The molecular weight excluding hydrogens is 760 g/mol. The molecule has 22 heteroatoms. The Labute approximate surface area is 323 Å². The van der Waals surface area contributed by atoms with Crippen LogP contribution in [-0.4, -0.2) is 139 Å². The van der Waals surface area contributed by atoms with Crippen LogP contribution in [0.3, 0.4) is 0 Å². The molecule has 0 bridgehead atoms. The minimum Gasteiger partial charge on any atom is -0.443 e. The molecule has 1 heterocycles. The third-order valence-electron chi connectivity index (χ3n) is 4.51. The summed E-state index contributed by atoms with van der Waals surface area (Å²) in [7, 11) is -6.89. The van der Waals surface area contributed by atoms with Crippen molar-refractivity contribution in [2.24, 2.45) is 0 Å². The van der Waals surface area contributed by atoms with Gasteiger partial charge in [-0.05, 0) is 83.1 Å². The first-order valence-corrected chi connectivity index (χ1v) is 19.7. The van der Waals surface area contributed by atoms with E-state index in [2.05, 4.69) is 19.2 Å². The molecule has 0 aromatic rings. The maximum Gasteiger partial charge on any atom is 0.429 e. The van der Waals surface area contributed by atoms with Crippen molar-refractivity contribution in [2.45, 2.75) is 120 Å². The summed E-state index contributed by atoms with van der Waals surface area (Å²) in [6, 6.07) is 0. The molecule has 324 valence electrons. The molecule has 0 aromatic heterocycles. The number of nitrogens with zero attached hydrogens (tertiary/aromatic N) is 2. The largest absolute Gasteiger partial charge is 0.443 e. The van der Waals surface area contributed by atoms with E-state index in [9.17, 15) is 36.0 Å². The number of hydrazine groups is 2. The molecule has 2 N–H and O–H groups in total. The highest BCUT2D eigenvalue weighted by molar-refractivity contribution is 7.86. The lowest BCUT2D eigenvalue weighted by molar-refractivity contribution is -0.0572. The van der Waals surface area contributed by atoms with Crippen molar-refractivity contribution >= 4 is 44.6 Å². The first-order chi connectivity index (χ1) is 23.2. The molecule has 1 rings (SSSR count). The van der Waals surface area contributed by atoms with Crippen LogP contribution in [0.15, 0.2) is 0 Å². The van der Waals surface area contributed by atoms with Gasteiger partial charge in [-0.25, -0.2) is 40.0 Å². The summed E-state index contributed by atoms with van der Waals surface area (Å²) in [5, 5.41) is 2.48. The molecule has 4 amide bonds. The van der Waals surface area contributed by atoms with E-state index in [1.165, 1.54) is 10.0 Å². The number of carbonyl (C=O) groups is 4. The number of hydrogen-bond acceptors (Lipinski definition) is 16. The number of amides is 4. The minimum absolute atomic E-state index is 0. The maximum atomic E-state index is 12.2. The Kier molecular flexibility index (Phi) is 26.7. The van der Waals surface area contributed by atoms with E-state index in [1.54, 1.807) is 83.1 Å². The van der Waals surface area contributed by atoms with Crippen molar-refractivity contribution in [1.82, 2.24) is 20.9 Å². The van der Waals surface area contributed by atoms with E-state index in [0.29, 0.717) is 13.2 Å². The Morgan fingerprint density at radius 2 is 0.815 bits per heavy atom. The van der Waals surface area contributed by atoms with Gasteiger partial charge in [0.25, 0.3) is 20.2 Å². The van der Waals surface area contributed by atoms with Gasteiger partial charge in [0, 0.05) is 0 Å². The fourth-order valence-electron chi connectivity index (χ4n) is 2.95. The normalized spacial score (nSPS) is 13.7. The molecule has 0 radical (unpaired) electrons. The van der Waals surface area contributed by atoms with Crippen LogP contribution in [0, 0.1) is 0 Å². The summed E-state index contributed by atoms with van der Waals surface area (Å²) in [6.45, 7) is 22.1. The van der Waals surface area contributed by atoms with Crippen LogP contribution in [0.5, 0.6) is 0 Å². The van der Waals surface area contributed by atoms with Crippen LogP contribution >= 0.6 is 0 Å². The van der Waals surface area contributed by atoms with Crippen LogP contribution in [0.4, 0.5) is 19.2 Å². The van der Waals surface area contributed by atoms with Gasteiger partial charge in [0.05, 0.1) is 65.2 Å².